The Morgan fingerprint density at radius 1 is 1.24 bits per heavy atom. The van der Waals surface area contributed by atoms with Gasteiger partial charge < -0.3 is 5.73 Å². The van der Waals surface area contributed by atoms with Gasteiger partial charge in [-0.15, -0.1) is 10.2 Å². The van der Waals surface area contributed by atoms with Gasteiger partial charge in [-0.2, -0.15) is 0 Å². The molecular weight excluding hydrogens is 212 g/mol. The van der Waals surface area contributed by atoms with Crippen LogP contribution in [0.4, 0.5) is 0 Å². The lowest BCUT2D eigenvalue weighted by Crippen LogP contribution is -2.17. The van der Waals surface area contributed by atoms with Gasteiger partial charge in [0.05, 0.1) is 6.04 Å². The van der Waals surface area contributed by atoms with E-state index in [0.717, 1.165) is 17.9 Å². The van der Waals surface area contributed by atoms with Crippen molar-refractivity contribution < 1.29 is 0 Å². The molecule has 1 aromatic carbocycles. The van der Waals surface area contributed by atoms with Crippen LogP contribution in [-0.2, 0) is 0 Å². The van der Waals surface area contributed by atoms with E-state index in [-0.39, 0.29) is 6.04 Å². The zero-order valence-corrected chi connectivity index (χ0v) is 10.2. The SMILES string of the molecule is CC(C)CC(N)c1nncn1-c1ccccc1. The first-order valence-corrected chi connectivity index (χ1v) is 5.89. The highest BCUT2D eigenvalue weighted by Gasteiger charge is 2.15. The van der Waals surface area contributed by atoms with Crippen molar-refractivity contribution >= 4 is 0 Å². The Morgan fingerprint density at radius 2 is 1.94 bits per heavy atom. The van der Waals surface area contributed by atoms with Crippen LogP contribution in [0.1, 0.15) is 32.1 Å². The van der Waals surface area contributed by atoms with Crippen molar-refractivity contribution in [2.75, 3.05) is 0 Å². The molecule has 0 aliphatic carbocycles. The van der Waals surface area contributed by atoms with E-state index in [1.165, 1.54) is 0 Å². The molecule has 1 unspecified atom stereocenters. The molecular formula is C13H18N4. The smallest absolute Gasteiger partial charge is 0.154 e. The summed E-state index contributed by atoms with van der Waals surface area (Å²) in [6, 6.07) is 9.95. The van der Waals surface area contributed by atoms with Gasteiger partial charge >= 0.3 is 0 Å². The molecule has 0 fully saturated rings. The number of nitrogens with zero attached hydrogens (tertiary/aromatic N) is 3. The van der Waals surface area contributed by atoms with Gasteiger partial charge in [0.1, 0.15) is 6.33 Å². The van der Waals surface area contributed by atoms with Gasteiger partial charge in [0.15, 0.2) is 5.82 Å². The monoisotopic (exact) mass is 230 g/mol. The topological polar surface area (TPSA) is 56.7 Å². The van der Waals surface area contributed by atoms with Crippen LogP contribution in [0.2, 0.25) is 0 Å². The molecule has 4 heteroatoms. The zero-order valence-electron chi connectivity index (χ0n) is 10.2. The van der Waals surface area contributed by atoms with E-state index in [1.54, 1.807) is 6.33 Å². The number of rotatable bonds is 4. The standard InChI is InChI=1S/C13H18N4/c1-10(2)8-12(14)13-16-15-9-17(13)11-6-4-3-5-7-11/h3-7,9-10,12H,8,14H2,1-2H3. The van der Waals surface area contributed by atoms with Crippen LogP contribution in [0.15, 0.2) is 36.7 Å². The maximum Gasteiger partial charge on any atom is 0.154 e. The Bertz CT molecular complexity index is 461. The van der Waals surface area contributed by atoms with Gasteiger partial charge in [-0.3, -0.25) is 4.57 Å². The summed E-state index contributed by atoms with van der Waals surface area (Å²) < 4.78 is 1.95. The molecule has 2 N–H and O–H groups in total. The largest absolute Gasteiger partial charge is 0.321 e. The fraction of sp³-hybridized carbons (Fsp3) is 0.385. The molecule has 0 spiro atoms. The first-order chi connectivity index (χ1) is 8.18. The molecule has 0 saturated carbocycles. The molecule has 2 aromatic rings. The number of para-hydroxylation sites is 1. The first-order valence-electron chi connectivity index (χ1n) is 5.89. The molecule has 1 aromatic heterocycles. The minimum absolute atomic E-state index is 0.0716. The van der Waals surface area contributed by atoms with Crippen LogP contribution in [0.25, 0.3) is 5.69 Å². The second kappa shape index (κ2) is 5.10. The maximum atomic E-state index is 6.16. The number of nitrogens with two attached hydrogens (primary N) is 1. The van der Waals surface area contributed by atoms with Crippen molar-refractivity contribution in [1.29, 1.82) is 0 Å². The molecule has 17 heavy (non-hydrogen) atoms. The summed E-state index contributed by atoms with van der Waals surface area (Å²) >= 11 is 0. The van der Waals surface area contributed by atoms with Gasteiger partial charge in [0.2, 0.25) is 0 Å². The number of aromatic nitrogens is 3. The van der Waals surface area contributed by atoms with E-state index in [0.29, 0.717) is 5.92 Å². The second-order valence-corrected chi connectivity index (χ2v) is 4.63. The van der Waals surface area contributed by atoms with E-state index in [9.17, 15) is 0 Å². The Kier molecular flexibility index (Phi) is 3.54. The van der Waals surface area contributed by atoms with Crippen molar-refractivity contribution in [1.82, 2.24) is 14.8 Å². The molecule has 1 atom stereocenters. The number of hydrogen-bond donors (Lipinski definition) is 1. The van der Waals surface area contributed by atoms with Gasteiger partial charge in [0.25, 0.3) is 0 Å². The molecule has 90 valence electrons. The zero-order chi connectivity index (χ0) is 12.3. The minimum atomic E-state index is -0.0716. The third-order valence-electron chi connectivity index (χ3n) is 2.67. The summed E-state index contributed by atoms with van der Waals surface area (Å²) in [6.07, 6.45) is 2.62. The number of hydrogen-bond acceptors (Lipinski definition) is 3. The third-order valence-corrected chi connectivity index (χ3v) is 2.67. The normalized spacial score (nSPS) is 12.9. The van der Waals surface area contributed by atoms with Crippen LogP contribution in [-0.4, -0.2) is 14.8 Å². The second-order valence-electron chi connectivity index (χ2n) is 4.63. The highest BCUT2D eigenvalue weighted by Crippen LogP contribution is 2.19. The van der Waals surface area contributed by atoms with Crippen LogP contribution >= 0.6 is 0 Å². The van der Waals surface area contributed by atoms with Gasteiger partial charge in [0, 0.05) is 5.69 Å². The fourth-order valence-corrected chi connectivity index (χ4v) is 1.90. The molecule has 0 bridgehead atoms. The lowest BCUT2D eigenvalue weighted by molar-refractivity contribution is 0.488. The molecule has 0 radical (unpaired) electrons. The maximum absolute atomic E-state index is 6.16. The van der Waals surface area contributed by atoms with Crippen molar-refractivity contribution in [2.45, 2.75) is 26.3 Å². The van der Waals surface area contributed by atoms with Crippen LogP contribution < -0.4 is 5.73 Å². The van der Waals surface area contributed by atoms with Crippen molar-refractivity contribution in [2.24, 2.45) is 11.7 Å². The predicted molar refractivity (Wildman–Crippen MR) is 67.7 cm³/mol. The van der Waals surface area contributed by atoms with Crippen LogP contribution in [0, 0.1) is 5.92 Å². The summed E-state index contributed by atoms with van der Waals surface area (Å²) in [6.45, 7) is 4.31. The Hall–Kier alpha value is -1.68. The van der Waals surface area contributed by atoms with Gasteiger partial charge in [-0.25, -0.2) is 0 Å². The molecule has 0 aliphatic heterocycles. The van der Waals surface area contributed by atoms with Gasteiger partial charge in [-0.05, 0) is 24.5 Å². The van der Waals surface area contributed by atoms with Crippen molar-refractivity contribution in [3.8, 4) is 5.69 Å². The van der Waals surface area contributed by atoms with Crippen LogP contribution in [0.3, 0.4) is 0 Å². The molecule has 1 heterocycles. The Labute approximate surface area is 101 Å². The van der Waals surface area contributed by atoms with Gasteiger partial charge in [-0.1, -0.05) is 32.0 Å². The summed E-state index contributed by atoms with van der Waals surface area (Å²) in [5, 5.41) is 8.09. The summed E-state index contributed by atoms with van der Waals surface area (Å²) in [5.41, 5.74) is 7.20. The Balaban J connectivity index is 2.29. The predicted octanol–water partition coefficient (Wildman–Crippen LogP) is 2.31. The van der Waals surface area contributed by atoms with Crippen molar-refractivity contribution in [3.05, 3.63) is 42.5 Å². The van der Waals surface area contributed by atoms with E-state index >= 15 is 0 Å². The highest BCUT2D eigenvalue weighted by molar-refractivity contribution is 5.32. The van der Waals surface area contributed by atoms with Crippen molar-refractivity contribution in [3.63, 3.8) is 0 Å². The van der Waals surface area contributed by atoms with Crippen LogP contribution in [0.5, 0.6) is 0 Å². The minimum Gasteiger partial charge on any atom is -0.321 e. The van der Waals surface area contributed by atoms with E-state index in [2.05, 4.69) is 24.0 Å². The van der Waals surface area contributed by atoms with E-state index in [1.807, 2.05) is 34.9 Å². The highest BCUT2D eigenvalue weighted by atomic mass is 15.3. The average Bonchev–Trinajstić information content (AvgIpc) is 2.78. The molecule has 4 nitrogen and oxygen atoms in total. The summed E-state index contributed by atoms with van der Waals surface area (Å²) in [7, 11) is 0. The summed E-state index contributed by atoms with van der Waals surface area (Å²) in [5.74, 6) is 1.37. The molecule has 0 saturated heterocycles. The first kappa shape index (κ1) is 11.8. The molecule has 0 amide bonds. The van der Waals surface area contributed by atoms with E-state index in [4.69, 9.17) is 5.73 Å². The third kappa shape index (κ3) is 2.71. The lowest BCUT2D eigenvalue weighted by Gasteiger charge is -2.14. The molecule has 0 aliphatic rings. The molecule has 2 rings (SSSR count). The number of benzene rings is 1. The fourth-order valence-electron chi connectivity index (χ4n) is 1.90. The lowest BCUT2D eigenvalue weighted by atomic mass is 10.0. The summed E-state index contributed by atoms with van der Waals surface area (Å²) in [4.78, 5) is 0. The Morgan fingerprint density at radius 3 is 2.59 bits per heavy atom. The average molecular weight is 230 g/mol. The quantitative estimate of drug-likeness (QED) is 0.876. The van der Waals surface area contributed by atoms with E-state index < -0.39 is 0 Å².